The van der Waals surface area contributed by atoms with E-state index in [1.807, 2.05) is 0 Å². The van der Waals surface area contributed by atoms with Crippen LogP contribution in [0, 0.1) is 21.4 Å². The fourth-order valence-corrected chi connectivity index (χ4v) is 1.42. The van der Waals surface area contributed by atoms with Gasteiger partial charge in [0.2, 0.25) is 0 Å². The zero-order valence-electron chi connectivity index (χ0n) is 9.61. The van der Waals surface area contributed by atoms with Gasteiger partial charge < -0.3 is 10.5 Å². The summed E-state index contributed by atoms with van der Waals surface area (Å²) in [6, 6.07) is 9.28. The average molecular weight is 256 g/mol. The number of rotatable bonds is 3. The van der Waals surface area contributed by atoms with Gasteiger partial charge in [-0.1, -0.05) is 0 Å². The van der Waals surface area contributed by atoms with E-state index in [4.69, 9.17) is 15.7 Å². The number of benzene rings is 1. The van der Waals surface area contributed by atoms with Gasteiger partial charge in [0, 0.05) is 11.9 Å². The Kier molecular flexibility index (Phi) is 3.25. The second-order valence-electron chi connectivity index (χ2n) is 3.55. The summed E-state index contributed by atoms with van der Waals surface area (Å²) in [6.45, 7) is 0. The highest BCUT2D eigenvalue weighted by atomic mass is 16.6. The number of aromatic nitrogens is 1. The Morgan fingerprint density at radius 1 is 1.32 bits per heavy atom. The largest absolute Gasteiger partial charge is 0.434 e. The summed E-state index contributed by atoms with van der Waals surface area (Å²) < 4.78 is 5.31. The summed E-state index contributed by atoms with van der Waals surface area (Å²) in [7, 11) is 0. The van der Waals surface area contributed by atoms with Crippen molar-refractivity contribution in [2.75, 3.05) is 5.73 Å². The molecule has 7 nitrogen and oxygen atoms in total. The first kappa shape index (κ1) is 12.3. The third-order valence-corrected chi connectivity index (χ3v) is 2.29. The van der Waals surface area contributed by atoms with E-state index in [0.29, 0.717) is 11.4 Å². The molecule has 0 aliphatic carbocycles. The topological polar surface area (TPSA) is 115 Å². The number of nitrogens with two attached hydrogens (primary N) is 1. The van der Waals surface area contributed by atoms with Gasteiger partial charge >= 0.3 is 11.6 Å². The van der Waals surface area contributed by atoms with Crippen LogP contribution >= 0.6 is 0 Å². The highest BCUT2D eigenvalue weighted by molar-refractivity contribution is 5.55. The van der Waals surface area contributed by atoms with Gasteiger partial charge in [0.15, 0.2) is 0 Å². The standard InChI is InChI=1S/C12H8N4O3/c13-7-8-5-6-15-12(11(8)16(17)18)19-10-3-1-9(14)2-4-10/h1-6H,14H2. The number of nitro groups is 1. The van der Waals surface area contributed by atoms with Crippen LogP contribution in [0.2, 0.25) is 0 Å². The Balaban J connectivity index is 2.43. The van der Waals surface area contributed by atoms with Crippen molar-refractivity contribution in [1.82, 2.24) is 4.98 Å². The van der Waals surface area contributed by atoms with Gasteiger partial charge in [-0.2, -0.15) is 5.26 Å². The number of hydrogen-bond acceptors (Lipinski definition) is 6. The van der Waals surface area contributed by atoms with E-state index < -0.39 is 10.6 Å². The average Bonchev–Trinajstić information content (AvgIpc) is 2.40. The lowest BCUT2D eigenvalue weighted by Crippen LogP contribution is -1.98. The number of nitrogen functional groups attached to an aromatic ring is 1. The van der Waals surface area contributed by atoms with E-state index in [2.05, 4.69) is 4.98 Å². The Hall–Kier alpha value is -3.14. The first-order valence-corrected chi connectivity index (χ1v) is 5.18. The minimum Gasteiger partial charge on any atom is -0.434 e. The molecule has 0 atom stereocenters. The lowest BCUT2D eigenvalue weighted by atomic mass is 10.2. The molecule has 0 fully saturated rings. The summed E-state index contributed by atoms with van der Waals surface area (Å²) in [5.41, 5.74) is 5.50. The molecule has 2 rings (SSSR count). The molecule has 0 radical (unpaired) electrons. The van der Waals surface area contributed by atoms with Crippen molar-refractivity contribution < 1.29 is 9.66 Å². The molecule has 2 N–H and O–H groups in total. The van der Waals surface area contributed by atoms with Gasteiger partial charge in [-0.3, -0.25) is 10.1 Å². The predicted octanol–water partition coefficient (Wildman–Crippen LogP) is 2.24. The number of hydrogen-bond donors (Lipinski definition) is 1. The van der Waals surface area contributed by atoms with Crippen molar-refractivity contribution in [3.63, 3.8) is 0 Å². The fourth-order valence-electron chi connectivity index (χ4n) is 1.42. The molecular weight excluding hydrogens is 248 g/mol. The van der Waals surface area contributed by atoms with Gasteiger partial charge in [0.05, 0.1) is 4.92 Å². The monoisotopic (exact) mass is 256 g/mol. The SMILES string of the molecule is N#Cc1ccnc(Oc2ccc(N)cc2)c1[N+](=O)[O-]. The van der Waals surface area contributed by atoms with E-state index in [0.717, 1.165) is 0 Å². The van der Waals surface area contributed by atoms with Crippen LogP contribution in [0.3, 0.4) is 0 Å². The van der Waals surface area contributed by atoms with Crippen molar-refractivity contribution in [3.05, 3.63) is 52.2 Å². The van der Waals surface area contributed by atoms with Gasteiger partial charge in [0.25, 0.3) is 0 Å². The van der Waals surface area contributed by atoms with Crippen molar-refractivity contribution in [2.24, 2.45) is 0 Å². The molecule has 0 amide bonds. The Labute approximate surface area is 108 Å². The van der Waals surface area contributed by atoms with E-state index in [-0.39, 0.29) is 11.4 Å². The van der Waals surface area contributed by atoms with E-state index in [9.17, 15) is 10.1 Å². The molecule has 0 saturated heterocycles. The van der Waals surface area contributed by atoms with Crippen molar-refractivity contribution in [3.8, 4) is 17.7 Å². The van der Waals surface area contributed by atoms with Crippen LogP contribution in [0.4, 0.5) is 11.4 Å². The summed E-state index contributed by atoms with van der Waals surface area (Å²) in [5, 5.41) is 19.8. The van der Waals surface area contributed by atoms with Gasteiger partial charge in [0.1, 0.15) is 17.4 Å². The molecule has 0 spiro atoms. The summed E-state index contributed by atoms with van der Waals surface area (Å²) in [6.07, 6.45) is 1.28. The molecule has 19 heavy (non-hydrogen) atoms. The van der Waals surface area contributed by atoms with Crippen molar-refractivity contribution in [2.45, 2.75) is 0 Å². The van der Waals surface area contributed by atoms with Gasteiger partial charge in [-0.05, 0) is 30.3 Å². The number of pyridine rings is 1. The zero-order valence-corrected chi connectivity index (χ0v) is 9.61. The molecule has 0 aliphatic heterocycles. The maximum Gasteiger partial charge on any atom is 0.348 e. The van der Waals surface area contributed by atoms with Crippen LogP contribution in [0.5, 0.6) is 11.6 Å². The first-order valence-electron chi connectivity index (χ1n) is 5.18. The molecule has 0 bridgehead atoms. The summed E-state index contributed by atoms with van der Waals surface area (Å²) >= 11 is 0. The second-order valence-corrected chi connectivity index (χ2v) is 3.55. The predicted molar refractivity (Wildman–Crippen MR) is 66.5 cm³/mol. The first-order chi connectivity index (χ1) is 9.11. The molecule has 7 heteroatoms. The smallest absolute Gasteiger partial charge is 0.348 e. The highest BCUT2D eigenvalue weighted by Gasteiger charge is 2.23. The highest BCUT2D eigenvalue weighted by Crippen LogP contribution is 2.31. The second kappa shape index (κ2) is 5.01. The molecule has 1 heterocycles. The molecule has 1 aromatic heterocycles. The van der Waals surface area contributed by atoms with Crippen LogP contribution in [0.15, 0.2) is 36.5 Å². The van der Waals surface area contributed by atoms with Crippen LogP contribution in [-0.4, -0.2) is 9.91 Å². The third kappa shape index (κ3) is 2.58. The fraction of sp³-hybridized carbons (Fsp3) is 0. The normalized spacial score (nSPS) is 9.63. The zero-order chi connectivity index (χ0) is 13.8. The lowest BCUT2D eigenvalue weighted by molar-refractivity contribution is -0.386. The Morgan fingerprint density at radius 3 is 2.58 bits per heavy atom. The molecule has 0 unspecified atom stereocenters. The van der Waals surface area contributed by atoms with Gasteiger partial charge in [-0.15, -0.1) is 0 Å². The van der Waals surface area contributed by atoms with Crippen molar-refractivity contribution >= 4 is 11.4 Å². The Bertz CT molecular complexity index is 662. The number of ether oxygens (including phenoxy) is 1. The van der Waals surface area contributed by atoms with Gasteiger partial charge in [-0.25, -0.2) is 4.98 Å². The minimum absolute atomic E-state index is 0.106. The molecule has 1 aromatic carbocycles. The minimum atomic E-state index is -0.696. The number of anilines is 1. The van der Waals surface area contributed by atoms with Crippen LogP contribution in [0.25, 0.3) is 0 Å². The summed E-state index contributed by atoms with van der Waals surface area (Å²) in [4.78, 5) is 14.0. The van der Waals surface area contributed by atoms with Crippen molar-refractivity contribution in [1.29, 1.82) is 5.26 Å². The number of nitrogens with zero attached hydrogens (tertiary/aromatic N) is 3. The van der Waals surface area contributed by atoms with Crippen LogP contribution in [-0.2, 0) is 0 Å². The molecular formula is C12H8N4O3. The van der Waals surface area contributed by atoms with Crippen LogP contribution < -0.4 is 10.5 Å². The van der Waals surface area contributed by atoms with E-state index in [1.165, 1.54) is 12.3 Å². The van der Waals surface area contributed by atoms with Crippen LogP contribution in [0.1, 0.15) is 5.56 Å². The van der Waals surface area contributed by atoms with E-state index in [1.54, 1.807) is 30.3 Å². The molecule has 0 saturated carbocycles. The number of nitriles is 1. The maximum absolute atomic E-state index is 11.0. The lowest BCUT2D eigenvalue weighted by Gasteiger charge is -2.05. The molecule has 2 aromatic rings. The van der Waals surface area contributed by atoms with E-state index >= 15 is 0 Å². The Morgan fingerprint density at radius 2 is 2.00 bits per heavy atom. The quantitative estimate of drug-likeness (QED) is 0.511. The third-order valence-electron chi connectivity index (χ3n) is 2.29. The molecule has 94 valence electrons. The molecule has 0 aliphatic rings. The maximum atomic E-state index is 11.0. The summed E-state index contributed by atoms with van der Waals surface area (Å²) in [5.74, 6) is 0.119.